The van der Waals surface area contributed by atoms with Gasteiger partial charge in [0.2, 0.25) is 10.0 Å². The largest absolute Gasteiger partial charge is 0.468 e. The number of ether oxygens (including phenoxy) is 1. The highest BCUT2D eigenvalue weighted by molar-refractivity contribution is 7.89. The van der Waals surface area contributed by atoms with Crippen LogP contribution >= 0.6 is 0 Å². The Morgan fingerprint density at radius 2 is 2.05 bits per heavy atom. The lowest BCUT2D eigenvalue weighted by Crippen LogP contribution is -2.46. The van der Waals surface area contributed by atoms with Gasteiger partial charge in [-0.25, -0.2) is 22.6 Å². The van der Waals surface area contributed by atoms with Gasteiger partial charge >= 0.3 is 5.97 Å². The molecule has 0 saturated carbocycles. The highest BCUT2D eigenvalue weighted by Gasteiger charge is 2.31. The fourth-order valence-corrected chi connectivity index (χ4v) is 3.89. The number of piperidine rings is 1. The van der Waals surface area contributed by atoms with Crippen LogP contribution in [0.25, 0.3) is 0 Å². The van der Waals surface area contributed by atoms with E-state index in [0.717, 1.165) is 7.11 Å². The number of carbonyl (C=O) groups is 1. The van der Waals surface area contributed by atoms with E-state index < -0.39 is 32.0 Å². The SMILES string of the molecule is COC(=O)CS(=O)(=O)N1CCCC(CNS(N)(=O)=O)C1. The third-order valence-electron chi connectivity index (χ3n) is 2.98. The van der Waals surface area contributed by atoms with Crippen molar-refractivity contribution in [3.8, 4) is 0 Å². The number of esters is 1. The van der Waals surface area contributed by atoms with Gasteiger partial charge in [0.05, 0.1) is 7.11 Å². The molecule has 1 atom stereocenters. The van der Waals surface area contributed by atoms with Gasteiger partial charge in [-0.1, -0.05) is 0 Å². The second-order valence-electron chi connectivity index (χ2n) is 4.59. The van der Waals surface area contributed by atoms with Gasteiger partial charge < -0.3 is 4.74 Å². The molecule has 0 spiro atoms. The van der Waals surface area contributed by atoms with Crippen LogP contribution in [-0.2, 0) is 29.8 Å². The molecule has 11 heteroatoms. The standard InChI is InChI=1S/C9H19N3O6S2/c1-18-9(13)7-19(14,15)12-4-2-3-8(6-12)5-11-20(10,16)17/h8,11H,2-7H2,1H3,(H2,10,16,17). The average molecular weight is 329 g/mol. The van der Waals surface area contributed by atoms with Gasteiger partial charge in [-0.05, 0) is 18.8 Å². The molecule has 118 valence electrons. The van der Waals surface area contributed by atoms with Crippen molar-refractivity contribution in [1.29, 1.82) is 0 Å². The lowest BCUT2D eigenvalue weighted by Gasteiger charge is -2.31. The summed E-state index contributed by atoms with van der Waals surface area (Å²) in [6, 6.07) is 0. The Labute approximate surface area is 118 Å². The Bertz CT molecular complexity index is 544. The Balaban J connectivity index is 2.62. The predicted molar refractivity (Wildman–Crippen MR) is 71.2 cm³/mol. The first kappa shape index (κ1) is 17.3. The summed E-state index contributed by atoms with van der Waals surface area (Å²) < 4.78 is 53.2. The van der Waals surface area contributed by atoms with E-state index >= 15 is 0 Å². The van der Waals surface area contributed by atoms with Crippen molar-refractivity contribution >= 4 is 26.2 Å². The quantitative estimate of drug-likeness (QED) is 0.541. The molecule has 0 aromatic rings. The van der Waals surface area contributed by atoms with Crippen LogP contribution in [0.5, 0.6) is 0 Å². The zero-order valence-corrected chi connectivity index (χ0v) is 12.7. The average Bonchev–Trinajstić information content (AvgIpc) is 2.35. The molecule has 1 fully saturated rings. The molecule has 9 nitrogen and oxygen atoms in total. The third kappa shape index (κ3) is 5.71. The molecule has 0 aromatic heterocycles. The Morgan fingerprint density at radius 3 is 2.60 bits per heavy atom. The summed E-state index contributed by atoms with van der Waals surface area (Å²) in [5, 5.41) is 4.83. The van der Waals surface area contributed by atoms with Crippen LogP contribution in [0.2, 0.25) is 0 Å². The first-order valence-electron chi connectivity index (χ1n) is 5.96. The van der Waals surface area contributed by atoms with E-state index in [1.165, 1.54) is 4.31 Å². The van der Waals surface area contributed by atoms with Gasteiger partial charge in [-0.2, -0.15) is 8.42 Å². The van der Waals surface area contributed by atoms with Crippen LogP contribution in [0.1, 0.15) is 12.8 Å². The predicted octanol–water partition coefficient (Wildman–Crippen LogP) is -2.01. The normalized spacial score (nSPS) is 21.6. The Kier molecular flexibility index (Phi) is 5.89. The van der Waals surface area contributed by atoms with E-state index in [-0.39, 0.29) is 19.0 Å². The Hall–Kier alpha value is -0.750. The molecule has 20 heavy (non-hydrogen) atoms. The topological polar surface area (TPSA) is 136 Å². The second kappa shape index (κ2) is 6.80. The number of hydrogen-bond acceptors (Lipinski definition) is 6. The number of carbonyl (C=O) groups excluding carboxylic acids is 1. The number of hydrogen-bond donors (Lipinski definition) is 2. The zero-order valence-electron chi connectivity index (χ0n) is 11.1. The van der Waals surface area contributed by atoms with E-state index in [4.69, 9.17) is 5.14 Å². The summed E-state index contributed by atoms with van der Waals surface area (Å²) in [5.74, 6) is -1.71. The van der Waals surface area contributed by atoms with Crippen LogP contribution in [0.15, 0.2) is 0 Å². The highest BCUT2D eigenvalue weighted by Crippen LogP contribution is 2.19. The van der Waals surface area contributed by atoms with Crippen molar-refractivity contribution in [2.24, 2.45) is 11.1 Å². The molecular weight excluding hydrogens is 310 g/mol. The zero-order chi connectivity index (χ0) is 15.4. The lowest BCUT2D eigenvalue weighted by molar-refractivity contribution is -0.137. The minimum absolute atomic E-state index is 0.0725. The van der Waals surface area contributed by atoms with Crippen LogP contribution < -0.4 is 9.86 Å². The fraction of sp³-hybridized carbons (Fsp3) is 0.889. The van der Waals surface area contributed by atoms with Crippen molar-refractivity contribution in [1.82, 2.24) is 9.03 Å². The Morgan fingerprint density at radius 1 is 1.40 bits per heavy atom. The van der Waals surface area contributed by atoms with Crippen LogP contribution in [0.4, 0.5) is 0 Å². The molecule has 1 rings (SSSR count). The summed E-state index contributed by atoms with van der Waals surface area (Å²) in [7, 11) is -6.40. The van der Waals surface area contributed by atoms with E-state index in [0.29, 0.717) is 19.4 Å². The maximum Gasteiger partial charge on any atom is 0.322 e. The molecule has 1 unspecified atom stereocenters. The summed E-state index contributed by atoms with van der Waals surface area (Å²) in [4.78, 5) is 11.1. The minimum atomic E-state index is -3.79. The molecule has 0 aromatic carbocycles. The molecule has 0 bridgehead atoms. The molecule has 3 N–H and O–H groups in total. The van der Waals surface area contributed by atoms with Gasteiger partial charge in [-0.3, -0.25) is 4.79 Å². The molecule has 0 radical (unpaired) electrons. The summed E-state index contributed by atoms with van der Waals surface area (Å²) in [6.45, 7) is 0.538. The summed E-state index contributed by atoms with van der Waals surface area (Å²) in [5.41, 5.74) is 0. The molecule has 1 heterocycles. The number of nitrogens with one attached hydrogen (secondary N) is 1. The van der Waals surface area contributed by atoms with Gasteiger partial charge in [0.15, 0.2) is 5.75 Å². The summed E-state index contributed by atoms with van der Waals surface area (Å²) >= 11 is 0. The lowest BCUT2D eigenvalue weighted by atomic mass is 10.0. The number of rotatable bonds is 6. The first-order chi connectivity index (χ1) is 9.14. The van der Waals surface area contributed by atoms with Gasteiger partial charge in [0, 0.05) is 19.6 Å². The smallest absolute Gasteiger partial charge is 0.322 e. The van der Waals surface area contributed by atoms with Crippen molar-refractivity contribution in [3.05, 3.63) is 0 Å². The molecular formula is C9H19N3O6S2. The van der Waals surface area contributed by atoms with Gasteiger partial charge in [0.1, 0.15) is 0 Å². The molecule has 1 aliphatic rings. The van der Waals surface area contributed by atoms with Crippen molar-refractivity contribution < 1.29 is 26.4 Å². The second-order valence-corrected chi connectivity index (χ2v) is 7.94. The molecule has 1 saturated heterocycles. The van der Waals surface area contributed by atoms with Gasteiger partial charge in [-0.15, -0.1) is 0 Å². The maximum atomic E-state index is 12.0. The first-order valence-corrected chi connectivity index (χ1v) is 9.11. The van der Waals surface area contributed by atoms with Crippen LogP contribution in [0.3, 0.4) is 0 Å². The van der Waals surface area contributed by atoms with E-state index in [9.17, 15) is 21.6 Å². The van der Waals surface area contributed by atoms with Crippen molar-refractivity contribution in [2.75, 3.05) is 32.5 Å². The molecule has 0 aliphatic carbocycles. The summed E-state index contributed by atoms with van der Waals surface area (Å²) in [6.07, 6.45) is 1.28. The fourth-order valence-electron chi connectivity index (χ4n) is 1.98. The molecule has 1 aliphatic heterocycles. The number of sulfonamides is 1. The minimum Gasteiger partial charge on any atom is -0.468 e. The van der Waals surface area contributed by atoms with Crippen LogP contribution in [0, 0.1) is 5.92 Å². The maximum absolute atomic E-state index is 12.0. The van der Waals surface area contributed by atoms with E-state index in [2.05, 4.69) is 9.46 Å². The third-order valence-corrected chi connectivity index (χ3v) is 5.26. The van der Waals surface area contributed by atoms with Crippen molar-refractivity contribution in [3.63, 3.8) is 0 Å². The highest BCUT2D eigenvalue weighted by atomic mass is 32.2. The number of methoxy groups -OCH3 is 1. The van der Waals surface area contributed by atoms with Gasteiger partial charge in [0.25, 0.3) is 10.2 Å². The van der Waals surface area contributed by atoms with E-state index in [1.807, 2.05) is 0 Å². The van der Waals surface area contributed by atoms with E-state index in [1.54, 1.807) is 0 Å². The monoisotopic (exact) mass is 329 g/mol. The van der Waals surface area contributed by atoms with Crippen molar-refractivity contribution in [2.45, 2.75) is 12.8 Å². The van der Waals surface area contributed by atoms with Crippen LogP contribution in [-0.4, -0.2) is 59.6 Å². The molecule has 0 amide bonds. The number of nitrogens with zero attached hydrogens (tertiary/aromatic N) is 1. The number of nitrogens with two attached hydrogens (primary N) is 1.